The molecule has 138 valence electrons. The van der Waals surface area contributed by atoms with Crippen molar-refractivity contribution in [1.29, 1.82) is 0 Å². The van der Waals surface area contributed by atoms with Gasteiger partial charge in [0.2, 0.25) is 0 Å². The number of para-hydroxylation sites is 1. The number of carbonyl (C=O) groups excluding carboxylic acids is 1. The van der Waals surface area contributed by atoms with Gasteiger partial charge < -0.3 is 4.74 Å². The molecule has 2 aromatic rings. The number of nitrogens with zero attached hydrogens (tertiary/aromatic N) is 2. The summed E-state index contributed by atoms with van der Waals surface area (Å²) in [5.74, 6) is -0.482. The highest BCUT2D eigenvalue weighted by atomic mass is 32.2. The summed E-state index contributed by atoms with van der Waals surface area (Å²) in [5, 5.41) is 2.93. The van der Waals surface area contributed by atoms with E-state index in [-0.39, 0.29) is 17.1 Å². The predicted octanol–water partition coefficient (Wildman–Crippen LogP) is 1.38. The molecule has 0 aliphatic carbocycles. The maximum atomic E-state index is 12.6. The molecule has 0 spiro atoms. The molecular weight excluding hydrogens is 358 g/mol. The summed E-state index contributed by atoms with van der Waals surface area (Å²) in [6, 6.07) is 6.26. The second-order valence-corrected chi connectivity index (χ2v) is 8.38. The Labute approximate surface area is 150 Å². The number of rotatable bonds is 4. The number of hydrogen-bond donors (Lipinski definition) is 1. The minimum Gasteiger partial charge on any atom is -0.465 e. The molecule has 1 aliphatic rings. The predicted molar refractivity (Wildman–Crippen MR) is 97.1 cm³/mol. The van der Waals surface area contributed by atoms with Crippen molar-refractivity contribution in [3.05, 3.63) is 51.4 Å². The van der Waals surface area contributed by atoms with E-state index in [0.717, 1.165) is 0 Å². The van der Waals surface area contributed by atoms with Gasteiger partial charge in [-0.25, -0.2) is 17.9 Å². The molecule has 0 saturated carbocycles. The number of H-pyrrole nitrogens is 1. The van der Waals surface area contributed by atoms with Gasteiger partial charge in [0.15, 0.2) is 9.84 Å². The van der Waals surface area contributed by atoms with Crippen LogP contribution in [0.3, 0.4) is 0 Å². The fraction of sp³-hybridized carbons (Fsp3) is 0.353. The number of nitrogens with one attached hydrogen (secondary N) is 1. The van der Waals surface area contributed by atoms with E-state index >= 15 is 0 Å². The van der Waals surface area contributed by atoms with Crippen molar-refractivity contribution in [1.82, 2.24) is 9.78 Å². The third-order valence-electron chi connectivity index (χ3n) is 4.36. The molecule has 3 rings (SSSR count). The van der Waals surface area contributed by atoms with Gasteiger partial charge in [0, 0.05) is 11.9 Å². The van der Waals surface area contributed by atoms with Crippen LogP contribution in [0.1, 0.15) is 34.1 Å². The Kier molecular flexibility index (Phi) is 4.82. The van der Waals surface area contributed by atoms with Crippen LogP contribution in [0.2, 0.25) is 0 Å². The lowest BCUT2D eigenvalue weighted by Gasteiger charge is -2.07. The molecule has 0 bridgehead atoms. The first-order valence-electron chi connectivity index (χ1n) is 8.05. The summed E-state index contributed by atoms with van der Waals surface area (Å²) in [6.07, 6.45) is 1.79. The third kappa shape index (κ3) is 3.48. The van der Waals surface area contributed by atoms with E-state index in [2.05, 4.69) is 10.1 Å². The molecule has 1 fully saturated rings. The largest absolute Gasteiger partial charge is 0.465 e. The summed E-state index contributed by atoms with van der Waals surface area (Å²) in [4.78, 5) is 28.7. The quantitative estimate of drug-likeness (QED) is 0.639. The molecule has 1 atom stereocenters. The number of aromatic nitrogens is 2. The second kappa shape index (κ2) is 6.91. The number of sulfone groups is 1. The van der Waals surface area contributed by atoms with Crippen LogP contribution >= 0.6 is 0 Å². The van der Waals surface area contributed by atoms with Gasteiger partial charge in [-0.2, -0.15) is 0 Å². The first kappa shape index (κ1) is 18.1. The van der Waals surface area contributed by atoms with Crippen molar-refractivity contribution in [2.24, 2.45) is 4.99 Å². The minimum absolute atomic E-state index is 0.0470. The van der Waals surface area contributed by atoms with E-state index < -0.39 is 21.8 Å². The number of benzene rings is 1. The number of aromatic amines is 1. The van der Waals surface area contributed by atoms with Crippen LogP contribution in [0, 0.1) is 6.92 Å². The molecule has 0 amide bonds. The Morgan fingerprint density at radius 1 is 1.38 bits per heavy atom. The first-order chi connectivity index (χ1) is 12.3. The van der Waals surface area contributed by atoms with Gasteiger partial charge in [0.1, 0.15) is 0 Å². The molecule has 8 nitrogen and oxygen atoms in total. The maximum absolute atomic E-state index is 12.6. The van der Waals surface area contributed by atoms with Crippen molar-refractivity contribution >= 4 is 27.7 Å². The number of ether oxygens (including phenoxy) is 1. The summed E-state index contributed by atoms with van der Waals surface area (Å²) in [6.45, 7) is 1.72. The Balaban J connectivity index is 1.94. The zero-order valence-corrected chi connectivity index (χ0v) is 15.2. The van der Waals surface area contributed by atoms with Crippen molar-refractivity contribution in [3.63, 3.8) is 0 Å². The van der Waals surface area contributed by atoms with E-state index in [1.165, 1.54) is 18.0 Å². The van der Waals surface area contributed by atoms with Gasteiger partial charge >= 0.3 is 5.97 Å². The van der Waals surface area contributed by atoms with Crippen LogP contribution in [0.15, 0.2) is 34.1 Å². The number of methoxy groups -OCH3 is 1. The summed E-state index contributed by atoms with van der Waals surface area (Å²) in [7, 11) is -1.82. The number of aliphatic imine (C=N–C) groups is 1. The summed E-state index contributed by atoms with van der Waals surface area (Å²) in [5.41, 5.74) is 1.26. The van der Waals surface area contributed by atoms with E-state index in [1.54, 1.807) is 31.2 Å². The fourth-order valence-corrected chi connectivity index (χ4v) is 4.67. The molecule has 1 aromatic heterocycles. The highest BCUT2D eigenvalue weighted by Crippen LogP contribution is 2.22. The molecule has 9 heteroatoms. The number of carbonyl (C=O) groups is 1. The Bertz CT molecular complexity index is 1030. The molecule has 1 aromatic carbocycles. The summed E-state index contributed by atoms with van der Waals surface area (Å²) < 4.78 is 29.4. The highest BCUT2D eigenvalue weighted by molar-refractivity contribution is 7.91. The smallest absolute Gasteiger partial charge is 0.340 e. The van der Waals surface area contributed by atoms with Gasteiger partial charge in [0.25, 0.3) is 5.56 Å². The van der Waals surface area contributed by atoms with Gasteiger partial charge in [-0.3, -0.25) is 14.9 Å². The molecule has 2 heterocycles. The van der Waals surface area contributed by atoms with Crippen LogP contribution in [-0.4, -0.2) is 49.0 Å². The summed E-state index contributed by atoms with van der Waals surface area (Å²) >= 11 is 0. The minimum atomic E-state index is -3.10. The third-order valence-corrected chi connectivity index (χ3v) is 6.11. The zero-order chi connectivity index (χ0) is 18.9. The van der Waals surface area contributed by atoms with Crippen LogP contribution in [0.4, 0.5) is 5.69 Å². The van der Waals surface area contributed by atoms with E-state index in [1.807, 2.05) is 0 Å². The molecule has 1 saturated heterocycles. The molecule has 1 N–H and O–H groups in total. The SMILES string of the molecule is COC(=O)c1ccccc1N=Cc1c(C)[nH]n([C@H]2CCS(=O)(=O)C2)c1=O. The number of esters is 1. The fourth-order valence-electron chi connectivity index (χ4n) is 2.97. The monoisotopic (exact) mass is 377 g/mol. The lowest BCUT2D eigenvalue weighted by atomic mass is 10.2. The van der Waals surface area contributed by atoms with Gasteiger partial charge in [-0.05, 0) is 25.5 Å². The van der Waals surface area contributed by atoms with Crippen molar-refractivity contribution < 1.29 is 17.9 Å². The van der Waals surface area contributed by atoms with Crippen molar-refractivity contribution in [2.75, 3.05) is 18.6 Å². The van der Waals surface area contributed by atoms with Crippen molar-refractivity contribution in [3.8, 4) is 0 Å². The molecule has 1 aliphatic heterocycles. The standard InChI is InChI=1S/C17H19N3O5S/c1-11-14(9-18-15-6-4-3-5-13(15)17(22)25-2)16(21)20(19-11)12-7-8-26(23,24)10-12/h3-6,9,12,19H,7-8,10H2,1-2H3/t12-/m0/s1. The molecule has 26 heavy (non-hydrogen) atoms. The molecule has 0 unspecified atom stereocenters. The van der Waals surface area contributed by atoms with Gasteiger partial charge in [-0.1, -0.05) is 12.1 Å². The van der Waals surface area contributed by atoms with Crippen LogP contribution in [0.5, 0.6) is 0 Å². The van der Waals surface area contributed by atoms with Gasteiger partial charge in [0.05, 0.1) is 41.5 Å². The lowest BCUT2D eigenvalue weighted by molar-refractivity contribution is 0.0601. The topological polar surface area (TPSA) is 111 Å². The lowest BCUT2D eigenvalue weighted by Crippen LogP contribution is -2.25. The van der Waals surface area contributed by atoms with E-state index in [4.69, 9.17) is 4.74 Å². The highest BCUT2D eigenvalue weighted by Gasteiger charge is 2.31. The molecular formula is C17H19N3O5S. The van der Waals surface area contributed by atoms with Crippen molar-refractivity contribution in [2.45, 2.75) is 19.4 Å². The Hall–Kier alpha value is -2.68. The first-order valence-corrected chi connectivity index (χ1v) is 9.87. The molecule has 0 radical (unpaired) electrons. The maximum Gasteiger partial charge on any atom is 0.340 e. The second-order valence-electron chi connectivity index (χ2n) is 6.15. The Morgan fingerprint density at radius 3 is 2.77 bits per heavy atom. The average molecular weight is 377 g/mol. The number of hydrogen-bond acceptors (Lipinski definition) is 6. The average Bonchev–Trinajstić information content (AvgIpc) is 3.11. The van der Waals surface area contributed by atoms with E-state index in [9.17, 15) is 18.0 Å². The van der Waals surface area contributed by atoms with Crippen LogP contribution in [-0.2, 0) is 14.6 Å². The Morgan fingerprint density at radius 2 is 2.12 bits per heavy atom. The van der Waals surface area contributed by atoms with Gasteiger partial charge in [-0.15, -0.1) is 0 Å². The zero-order valence-electron chi connectivity index (χ0n) is 14.4. The van der Waals surface area contributed by atoms with Crippen LogP contribution in [0.25, 0.3) is 0 Å². The van der Waals surface area contributed by atoms with E-state index in [0.29, 0.717) is 28.9 Å². The van der Waals surface area contributed by atoms with Crippen LogP contribution < -0.4 is 5.56 Å². The normalized spacial score (nSPS) is 19.1. The number of aryl methyl sites for hydroxylation is 1.